The molecule has 6 nitrogen and oxygen atoms in total. The van der Waals surface area contributed by atoms with Crippen molar-refractivity contribution in [1.29, 1.82) is 0 Å². The van der Waals surface area contributed by atoms with Crippen molar-refractivity contribution in [3.8, 4) is 11.4 Å². The first-order chi connectivity index (χ1) is 15.1. The first-order valence-electron chi connectivity index (χ1n) is 10.4. The van der Waals surface area contributed by atoms with Gasteiger partial charge in [-0.15, -0.1) is 5.10 Å². The molecule has 0 radical (unpaired) electrons. The molecule has 2 amide bonds. The fraction of sp³-hybridized carbons (Fsp3) is 0.208. The van der Waals surface area contributed by atoms with E-state index in [-0.39, 0.29) is 17.8 Å². The van der Waals surface area contributed by atoms with Crippen LogP contribution >= 0.6 is 0 Å². The third-order valence-electron chi connectivity index (χ3n) is 6.43. The fourth-order valence-electron chi connectivity index (χ4n) is 4.92. The van der Waals surface area contributed by atoms with Crippen molar-refractivity contribution in [1.82, 2.24) is 19.5 Å². The number of aromatic nitrogens is 3. The third-order valence-corrected chi connectivity index (χ3v) is 6.43. The Bertz CT molecular complexity index is 1350. The van der Waals surface area contributed by atoms with Gasteiger partial charge in [0.05, 0.1) is 23.4 Å². The van der Waals surface area contributed by atoms with Crippen LogP contribution in [0.2, 0.25) is 0 Å². The molecule has 3 heterocycles. The van der Waals surface area contributed by atoms with Crippen LogP contribution in [0.15, 0.2) is 60.9 Å². The second-order valence-electron chi connectivity index (χ2n) is 8.27. The predicted octanol–water partition coefficient (Wildman–Crippen LogP) is 4.92. The van der Waals surface area contributed by atoms with Crippen molar-refractivity contribution >= 4 is 17.2 Å². The number of fused-ring (bicyclic) bond motifs is 6. The molecule has 1 saturated heterocycles. The van der Waals surface area contributed by atoms with Gasteiger partial charge in [0.2, 0.25) is 0 Å². The van der Waals surface area contributed by atoms with Gasteiger partial charge in [0.25, 0.3) is 0 Å². The van der Waals surface area contributed by atoms with Gasteiger partial charge in [-0.25, -0.2) is 18.7 Å². The van der Waals surface area contributed by atoms with E-state index in [9.17, 15) is 9.18 Å². The van der Waals surface area contributed by atoms with Crippen LogP contribution in [0.1, 0.15) is 35.1 Å². The summed E-state index contributed by atoms with van der Waals surface area (Å²) in [5, 5.41) is 7.30. The summed E-state index contributed by atoms with van der Waals surface area (Å²) in [4.78, 5) is 19.3. The van der Waals surface area contributed by atoms with Crippen molar-refractivity contribution in [3.63, 3.8) is 0 Å². The summed E-state index contributed by atoms with van der Waals surface area (Å²) in [6, 6.07) is 14.9. The molecule has 31 heavy (non-hydrogen) atoms. The Kier molecular flexibility index (Phi) is 3.86. The van der Waals surface area contributed by atoms with E-state index in [2.05, 4.69) is 27.5 Å². The minimum absolute atomic E-state index is 0.0497. The molecule has 2 aromatic heterocycles. The van der Waals surface area contributed by atoms with Crippen molar-refractivity contribution < 1.29 is 9.18 Å². The summed E-state index contributed by atoms with van der Waals surface area (Å²) in [5.41, 5.74) is 4.93. The topological polar surface area (TPSA) is 62.5 Å². The highest BCUT2D eigenvalue weighted by Gasteiger charge is 2.44. The third kappa shape index (κ3) is 2.80. The van der Waals surface area contributed by atoms with Gasteiger partial charge < -0.3 is 10.2 Å². The number of amides is 2. The second-order valence-corrected chi connectivity index (χ2v) is 8.27. The highest BCUT2D eigenvalue weighted by Crippen LogP contribution is 2.50. The largest absolute Gasteiger partial charge is 0.322 e. The average molecular weight is 413 g/mol. The Balaban J connectivity index is 1.30. The van der Waals surface area contributed by atoms with Crippen LogP contribution in [0.25, 0.3) is 16.9 Å². The van der Waals surface area contributed by atoms with Gasteiger partial charge in [0.1, 0.15) is 5.82 Å². The molecular formula is C24H20FN5O. The molecule has 1 aliphatic carbocycles. The molecule has 4 aromatic rings. The molecule has 7 heteroatoms. The molecule has 1 aliphatic heterocycles. The maximum absolute atomic E-state index is 14.7. The van der Waals surface area contributed by atoms with Crippen LogP contribution in [-0.4, -0.2) is 32.1 Å². The Hall–Kier alpha value is -3.74. The van der Waals surface area contributed by atoms with Gasteiger partial charge in [0.15, 0.2) is 5.82 Å². The predicted molar refractivity (Wildman–Crippen MR) is 115 cm³/mol. The van der Waals surface area contributed by atoms with E-state index >= 15 is 0 Å². The first kappa shape index (κ1) is 18.1. The maximum atomic E-state index is 14.7. The fourth-order valence-corrected chi connectivity index (χ4v) is 4.92. The SMILES string of the molecule is Cc1cc(F)c(NC(=O)N2C[C@@H]3C[C@H]2c2ccccc23)cc1-c1ncc2cccn2n1. The van der Waals surface area contributed by atoms with Gasteiger partial charge in [-0.3, -0.25) is 0 Å². The number of likely N-dealkylation sites (tertiary alicyclic amines) is 1. The Morgan fingerprint density at radius 1 is 1.16 bits per heavy atom. The van der Waals surface area contributed by atoms with E-state index in [0.29, 0.717) is 29.4 Å². The van der Waals surface area contributed by atoms with Gasteiger partial charge >= 0.3 is 6.03 Å². The second kappa shape index (κ2) is 6.63. The Morgan fingerprint density at radius 3 is 2.87 bits per heavy atom. The molecule has 0 unspecified atom stereocenters. The van der Waals surface area contributed by atoms with E-state index in [0.717, 1.165) is 11.9 Å². The monoisotopic (exact) mass is 413 g/mol. The molecule has 0 saturated carbocycles. The summed E-state index contributed by atoms with van der Waals surface area (Å²) in [5.74, 6) is 0.360. The number of hydrogen-bond donors (Lipinski definition) is 1. The van der Waals surface area contributed by atoms with Crippen LogP contribution in [-0.2, 0) is 0 Å². The van der Waals surface area contributed by atoms with Crippen LogP contribution in [0.5, 0.6) is 0 Å². The number of hydrogen-bond acceptors (Lipinski definition) is 3. The Morgan fingerprint density at radius 2 is 2.00 bits per heavy atom. The van der Waals surface area contributed by atoms with E-state index in [1.807, 2.05) is 42.3 Å². The molecule has 2 aromatic carbocycles. The van der Waals surface area contributed by atoms with E-state index < -0.39 is 5.82 Å². The highest BCUT2D eigenvalue weighted by molar-refractivity contribution is 5.91. The number of urea groups is 1. The van der Waals surface area contributed by atoms with Crippen LogP contribution in [0, 0.1) is 12.7 Å². The highest BCUT2D eigenvalue weighted by atomic mass is 19.1. The zero-order chi connectivity index (χ0) is 21.1. The zero-order valence-corrected chi connectivity index (χ0v) is 16.9. The average Bonchev–Trinajstić information content (AvgIpc) is 3.50. The number of nitrogens with one attached hydrogen (secondary N) is 1. The van der Waals surface area contributed by atoms with Gasteiger partial charge in [0, 0.05) is 24.2 Å². The van der Waals surface area contributed by atoms with Gasteiger partial charge in [-0.05, 0) is 54.3 Å². The standard InChI is InChI=1S/C24H20FN5O/c1-14-9-20(25)21(11-19(14)23-26-12-16-5-4-8-30(16)28-23)27-24(31)29-13-15-10-22(29)18-7-3-2-6-17(15)18/h2-9,11-12,15,22H,10,13H2,1H3,(H,27,31)/t15-,22-/m0/s1. The summed E-state index contributed by atoms with van der Waals surface area (Å²) in [6.07, 6.45) is 4.49. The molecule has 154 valence electrons. The van der Waals surface area contributed by atoms with Gasteiger partial charge in [-0.2, -0.15) is 0 Å². The van der Waals surface area contributed by atoms with Crippen molar-refractivity contribution in [2.75, 3.05) is 11.9 Å². The first-order valence-corrected chi connectivity index (χ1v) is 10.4. The van der Waals surface area contributed by atoms with Crippen LogP contribution in [0.3, 0.4) is 0 Å². The molecule has 2 aliphatic rings. The van der Waals surface area contributed by atoms with Crippen molar-refractivity contribution in [2.24, 2.45) is 0 Å². The van der Waals surface area contributed by atoms with E-state index in [4.69, 9.17) is 0 Å². The molecule has 1 fully saturated rings. The maximum Gasteiger partial charge on any atom is 0.322 e. The lowest BCUT2D eigenvalue weighted by molar-refractivity contribution is 0.204. The van der Waals surface area contributed by atoms with Crippen molar-refractivity contribution in [2.45, 2.75) is 25.3 Å². The molecular weight excluding hydrogens is 393 g/mol. The molecule has 6 rings (SSSR count). The quantitative estimate of drug-likeness (QED) is 0.507. The lowest BCUT2D eigenvalue weighted by Crippen LogP contribution is -2.37. The number of benzene rings is 2. The molecule has 2 atom stereocenters. The number of carbonyl (C=O) groups is 1. The zero-order valence-electron chi connectivity index (χ0n) is 16.9. The van der Waals surface area contributed by atoms with Crippen LogP contribution in [0.4, 0.5) is 14.9 Å². The molecule has 1 N–H and O–H groups in total. The number of nitrogens with zero attached hydrogens (tertiary/aromatic N) is 4. The minimum atomic E-state index is -0.471. The summed E-state index contributed by atoms with van der Waals surface area (Å²) < 4.78 is 16.5. The minimum Gasteiger partial charge on any atom is -0.317 e. The smallest absolute Gasteiger partial charge is 0.317 e. The van der Waals surface area contributed by atoms with E-state index in [1.165, 1.54) is 17.2 Å². The Labute approximate surface area is 178 Å². The summed E-state index contributed by atoms with van der Waals surface area (Å²) in [7, 11) is 0. The molecule has 2 bridgehead atoms. The number of aryl methyl sites for hydroxylation is 1. The van der Waals surface area contributed by atoms with Crippen molar-refractivity contribution in [3.05, 3.63) is 83.4 Å². The van der Waals surface area contributed by atoms with E-state index in [1.54, 1.807) is 16.8 Å². The lowest BCUT2D eigenvalue weighted by Gasteiger charge is -2.29. The summed E-state index contributed by atoms with van der Waals surface area (Å²) in [6.45, 7) is 2.46. The normalized spacial score (nSPS) is 19.1. The number of rotatable bonds is 2. The number of carbonyl (C=O) groups excluding carboxylic acids is 1. The summed E-state index contributed by atoms with van der Waals surface area (Å²) >= 11 is 0. The van der Waals surface area contributed by atoms with Gasteiger partial charge in [-0.1, -0.05) is 24.3 Å². The lowest BCUT2D eigenvalue weighted by atomic mass is 9.99. The molecule has 0 spiro atoms. The number of halogens is 1. The number of anilines is 1. The van der Waals surface area contributed by atoms with Crippen LogP contribution < -0.4 is 5.32 Å².